The highest BCUT2D eigenvalue weighted by Crippen LogP contribution is 2.34. The van der Waals surface area contributed by atoms with Crippen molar-refractivity contribution in [3.8, 4) is 0 Å². The zero-order chi connectivity index (χ0) is 14.0. The fourth-order valence-corrected chi connectivity index (χ4v) is 2.39. The third-order valence-electron chi connectivity index (χ3n) is 4.79. The summed E-state index contributed by atoms with van der Waals surface area (Å²) < 4.78 is 0. The van der Waals surface area contributed by atoms with Gasteiger partial charge in [-0.1, -0.05) is 41.5 Å². The summed E-state index contributed by atoms with van der Waals surface area (Å²) in [4.78, 5) is 12.5. The maximum Gasteiger partial charge on any atom is 0.227 e. The van der Waals surface area contributed by atoms with Crippen LogP contribution in [0, 0.1) is 22.7 Å². The molecule has 18 heavy (non-hydrogen) atoms. The molecule has 1 rings (SSSR count). The summed E-state index contributed by atoms with van der Waals surface area (Å²) in [5.41, 5.74) is 0.0454. The summed E-state index contributed by atoms with van der Waals surface area (Å²) in [5.74, 6) is 1.11. The summed E-state index contributed by atoms with van der Waals surface area (Å²) in [6.07, 6.45) is 0.959. The Kier molecular flexibility index (Phi) is 4.82. The SMILES string of the molecule is CC(CNC(=O)C1(C(C)C)CCNC1)C(C)(C)C. The fraction of sp³-hybridized carbons (Fsp3) is 0.933. The number of rotatable bonds is 4. The Morgan fingerprint density at radius 2 is 1.94 bits per heavy atom. The second-order valence-corrected chi connectivity index (χ2v) is 7.21. The van der Waals surface area contributed by atoms with Crippen LogP contribution < -0.4 is 10.6 Å². The average Bonchev–Trinajstić information content (AvgIpc) is 2.74. The maximum atomic E-state index is 12.5. The number of hydrogen-bond donors (Lipinski definition) is 2. The molecule has 3 heteroatoms. The van der Waals surface area contributed by atoms with Gasteiger partial charge in [-0.25, -0.2) is 0 Å². The topological polar surface area (TPSA) is 41.1 Å². The Bertz CT molecular complexity index is 285. The molecule has 1 saturated heterocycles. The molecule has 0 aliphatic carbocycles. The third kappa shape index (κ3) is 3.25. The molecule has 1 amide bonds. The Morgan fingerprint density at radius 3 is 2.33 bits per heavy atom. The van der Waals surface area contributed by atoms with Crippen molar-refractivity contribution in [3.05, 3.63) is 0 Å². The molecule has 0 aromatic heterocycles. The normalized spacial score (nSPS) is 26.4. The molecule has 3 nitrogen and oxygen atoms in total. The molecular weight excluding hydrogens is 224 g/mol. The van der Waals surface area contributed by atoms with Gasteiger partial charge < -0.3 is 10.6 Å². The van der Waals surface area contributed by atoms with Crippen molar-refractivity contribution in [2.75, 3.05) is 19.6 Å². The molecular formula is C15H30N2O. The van der Waals surface area contributed by atoms with Crippen molar-refractivity contribution in [1.29, 1.82) is 0 Å². The van der Waals surface area contributed by atoms with Crippen LogP contribution >= 0.6 is 0 Å². The molecule has 1 fully saturated rings. The van der Waals surface area contributed by atoms with Gasteiger partial charge in [0.1, 0.15) is 0 Å². The molecule has 1 aliphatic heterocycles. The Morgan fingerprint density at radius 1 is 1.33 bits per heavy atom. The first-order valence-corrected chi connectivity index (χ1v) is 7.19. The number of carbonyl (C=O) groups excluding carboxylic acids is 1. The van der Waals surface area contributed by atoms with Crippen molar-refractivity contribution < 1.29 is 4.79 Å². The highest BCUT2D eigenvalue weighted by atomic mass is 16.2. The van der Waals surface area contributed by atoms with Crippen molar-refractivity contribution in [2.24, 2.45) is 22.7 Å². The van der Waals surface area contributed by atoms with E-state index in [1.54, 1.807) is 0 Å². The molecule has 2 N–H and O–H groups in total. The lowest BCUT2D eigenvalue weighted by Crippen LogP contribution is -2.47. The molecule has 1 heterocycles. The van der Waals surface area contributed by atoms with E-state index in [-0.39, 0.29) is 16.7 Å². The smallest absolute Gasteiger partial charge is 0.227 e. The van der Waals surface area contributed by atoms with Crippen molar-refractivity contribution in [1.82, 2.24) is 10.6 Å². The van der Waals surface area contributed by atoms with Gasteiger partial charge in [0, 0.05) is 13.1 Å². The van der Waals surface area contributed by atoms with E-state index in [9.17, 15) is 4.79 Å². The first kappa shape index (κ1) is 15.5. The van der Waals surface area contributed by atoms with E-state index in [1.807, 2.05) is 0 Å². The quantitative estimate of drug-likeness (QED) is 0.809. The number of hydrogen-bond acceptors (Lipinski definition) is 2. The van der Waals surface area contributed by atoms with E-state index in [0.717, 1.165) is 26.1 Å². The average molecular weight is 254 g/mol. The predicted molar refractivity (Wildman–Crippen MR) is 76.4 cm³/mol. The second-order valence-electron chi connectivity index (χ2n) is 7.21. The van der Waals surface area contributed by atoms with Crippen LogP contribution in [0.1, 0.15) is 48.0 Å². The predicted octanol–water partition coefficient (Wildman–Crippen LogP) is 2.42. The molecule has 0 aromatic carbocycles. The molecule has 0 spiro atoms. The van der Waals surface area contributed by atoms with Crippen LogP contribution in [0.5, 0.6) is 0 Å². The summed E-state index contributed by atoms with van der Waals surface area (Å²) in [6.45, 7) is 15.7. The highest BCUT2D eigenvalue weighted by molar-refractivity contribution is 5.83. The minimum atomic E-state index is -0.197. The maximum absolute atomic E-state index is 12.5. The highest BCUT2D eigenvalue weighted by Gasteiger charge is 2.43. The molecule has 0 aromatic rings. The van der Waals surface area contributed by atoms with Crippen molar-refractivity contribution in [2.45, 2.75) is 48.0 Å². The molecule has 0 bridgehead atoms. The van der Waals surface area contributed by atoms with Gasteiger partial charge in [-0.3, -0.25) is 4.79 Å². The first-order valence-electron chi connectivity index (χ1n) is 7.19. The third-order valence-corrected chi connectivity index (χ3v) is 4.79. The van der Waals surface area contributed by atoms with Gasteiger partial charge in [0.15, 0.2) is 0 Å². The summed E-state index contributed by atoms with van der Waals surface area (Å²) in [7, 11) is 0. The first-order chi connectivity index (χ1) is 8.20. The summed E-state index contributed by atoms with van der Waals surface area (Å²) in [5, 5.41) is 6.51. The van der Waals surface area contributed by atoms with Gasteiger partial charge in [0.25, 0.3) is 0 Å². The van der Waals surface area contributed by atoms with Crippen LogP contribution in [-0.4, -0.2) is 25.5 Å². The lowest BCUT2D eigenvalue weighted by Gasteiger charge is -2.33. The van der Waals surface area contributed by atoms with E-state index in [4.69, 9.17) is 0 Å². The van der Waals surface area contributed by atoms with Crippen LogP contribution in [0.15, 0.2) is 0 Å². The second kappa shape index (κ2) is 5.60. The zero-order valence-corrected chi connectivity index (χ0v) is 12.9. The summed E-state index contributed by atoms with van der Waals surface area (Å²) >= 11 is 0. The number of nitrogens with one attached hydrogen (secondary N) is 2. The molecule has 0 saturated carbocycles. The van der Waals surface area contributed by atoms with Crippen LogP contribution in [0.3, 0.4) is 0 Å². The summed E-state index contributed by atoms with van der Waals surface area (Å²) in [6, 6.07) is 0. The number of amides is 1. The largest absolute Gasteiger partial charge is 0.355 e. The van der Waals surface area contributed by atoms with Crippen LogP contribution in [-0.2, 0) is 4.79 Å². The molecule has 1 aliphatic rings. The Labute approximate surface area is 112 Å². The van der Waals surface area contributed by atoms with Gasteiger partial charge in [0.2, 0.25) is 5.91 Å². The van der Waals surface area contributed by atoms with E-state index in [1.165, 1.54) is 0 Å². The van der Waals surface area contributed by atoms with E-state index >= 15 is 0 Å². The minimum Gasteiger partial charge on any atom is -0.355 e. The fourth-order valence-electron chi connectivity index (χ4n) is 2.39. The van der Waals surface area contributed by atoms with Crippen LogP contribution in [0.4, 0.5) is 0 Å². The van der Waals surface area contributed by atoms with Crippen LogP contribution in [0.25, 0.3) is 0 Å². The minimum absolute atomic E-state index is 0.197. The van der Waals surface area contributed by atoms with Gasteiger partial charge in [-0.2, -0.15) is 0 Å². The number of carbonyl (C=O) groups is 1. The Hall–Kier alpha value is -0.570. The van der Waals surface area contributed by atoms with Crippen LogP contribution in [0.2, 0.25) is 0 Å². The van der Waals surface area contributed by atoms with Crippen molar-refractivity contribution in [3.63, 3.8) is 0 Å². The molecule has 106 valence electrons. The standard InChI is InChI=1S/C15H30N2O/c1-11(2)15(7-8-16-10-15)13(18)17-9-12(3)14(4,5)6/h11-12,16H,7-10H2,1-6H3,(H,17,18). The molecule has 2 unspecified atom stereocenters. The van der Waals surface area contributed by atoms with E-state index in [2.05, 4.69) is 52.2 Å². The van der Waals surface area contributed by atoms with Gasteiger partial charge in [0.05, 0.1) is 5.41 Å². The van der Waals surface area contributed by atoms with Crippen molar-refractivity contribution >= 4 is 5.91 Å². The molecule has 0 radical (unpaired) electrons. The Balaban J connectivity index is 2.59. The van der Waals surface area contributed by atoms with Gasteiger partial charge in [-0.15, -0.1) is 0 Å². The lowest BCUT2D eigenvalue weighted by molar-refractivity contribution is -0.132. The van der Waals surface area contributed by atoms with Gasteiger partial charge in [-0.05, 0) is 30.2 Å². The van der Waals surface area contributed by atoms with E-state index in [0.29, 0.717) is 11.8 Å². The zero-order valence-electron chi connectivity index (χ0n) is 12.9. The lowest BCUT2D eigenvalue weighted by atomic mass is 9.75. The monoisotopic (exact) mass is 254 g/mol. The molecule has 2 atom stereocenters. The van der Waals surface area contributed by atoms with E-state index < -0.39 is 0 Å². The van der Waals surface area contributed by atoms with Gasteiger partial charge >= 0.3 is 0 Å².